The van der Waals surface area contributed by atoms with Gasteiger partial charge in [-0.3, -0.25) is 0 Å². The molecule has 2 N–H and O–H groups in total. The second-order valence-corrected chi connectivity index (χ2v) is 8.71. The van der Waals surface area contributed by atoms with Crippen molar-refractivity contribution in [1.82, 2.24) is 4.98 Å². The molecule has 0 aliphatic carbocycles. The van der Waals surface area contributed by atoms with Crippen molar-refractivity contribution in [3.63, 3.8) is 0 Å². The smallest absolute Gasteiger partial charge is 0.103 e. The van der Waals surface area contributed by atoms with Gasteiger partial charge in [0, 0.05) is 26.2 Å². The average Bonchev–Trinajstić information content (AvgIpc) is 2.80. The van der Waals surface area contributed by atoms with Crippen LogP contribution in [0.2, 0.25) is 0 Å². The predicted molar refractivity (Wildman–Crippen MR) is 92.4 cm³/mol. The highest BCUT2D eigenvalue weighted by atomic mass is 79.9. The summed E-state index contributed by atoms with van der Waals surface area (Å²) in [4.78, 5) is 7.26. The number of hydrogen-bond acceptors (Lipinski definition) is 4. The fourth-order valence-electron chi connectivity index (χ4n) is 1.89. The standard InChI is InChI=1S/C15H19BrN2S2/c1-15(2,3)14-12(8-17)20-13(18-14)9-19-11-6-4-5-10(16)7-11/h4-7H,8-9,17H2,1-3H3. The minimum absolute atomic E-state index is 0.0594. The minimum atomic E-state index is 0.0594. The first-order chi connectivity index (χ1) is 9.40. The third kappa shape index (κ3) is 4.07. The lowest BCUT2D eigenvalue weighted by atomic mass is 9.91. The monoisotopic (exact) mass is 370 g/mol. The lowest BCUT2D eigenvalue weighted by Gasteiger charge is -2.16. The summed E-state index contributed by atoms with van der Waals surface area (Å²) < 4.78 is 1.11. The lowest BCUT2D eigenvalue weighted by molar-refractivity contribution is 0.565. The van der Waals surface area contributed by atoms with Crippen molar-refractivity contribution in [3.8, 4) is 0 Å². The summed E-state index contributed by atoms with van der Waals surface area (Å²) >= 11 is 7.05. The van der Waals surface area contributed by atoms with E-state index in [0.717, 1.165) is 20.9 Å². The van der Waals surface area contributed by atoms with E-state index in [9.17, 15) is 0 Å². The summed E-state index contributed by atoms with van der Waals surface area (Å²) in [6, 6.07) is 8.35. The third-order valence-electron chi connectivity index (χ3n) is 2.80. The van der Waals surface area contributed by atoms with E-state index in [2.05, 4.69) is 54.9 Å². The number of aromatic nitrogens is 1. The highest BCUT2D eigenvalue weighted by molar-refractivity contribution is 9.10. The van der Waals surface area contributed by atoms with Crippen LogP contribution in [-0.4, -0.2) is 4.98 Å². The van der Waals surface area contributed by atoms with Crippen molar-refractivity contribution in [3.05, 3.63) is 44.3 Å². The van der Waals surface area contributed by atoms with Crippen LogP contribution in [0.25, 0.3) is 0 Å². The Bertz CT molecular complexity index is 588. The molecule has 0 amide bonds. The van der Waals surface area contributed by atoms with Crippen molar-refractivity contribution < 1.29 is 0 Å². The van der Waals surface area contributed by atoms with E-state index in [0.29, 0.717) is 6.54 Å². The number of thioether (sulfide) groups is 1. The molecule has 0 saturated heterocycles. The minimum Gasteiger partial charge on any atom is -0.326 e. The molecule has 1 heterocycles. The molecular formula is C15H19BrN2S2. The summed E-state index contributed by atoms with van der Waals surface area (Å²) in [6.07, 6.45) is 0. The van der Waals surface area contributed by atoms with E-state index in [-0.39, 0.29) is 5.41 Å². The molecule has 0 aliphatic rings. The summed E-state index contributed by atoms with van der Waals surface area (Å²) in [5, 5.41) is 1.15. The van der Waals surface area contributed by atoms with Gasteiger partial charge in [0.1, 0.15) is 5.01 Å². The van der Waals surface area contributed by atoms with Crippen molar-refractivity contribution in [2.24, 2.45) is 5.73 Å². The normalized spacial score (nSPS) is 11.8. The van der Waals surface area contributed by atoms with Crippen LogP contribution in [0.5, 0.6) is 0 Å². The zero-order valence-electron chi connectivity index (χ0n) is 11.9. The maximum Gasteiger partial charge on any atom is 0.103 e. The molecule has 2 rings (SSSR count). The molecular weight excluding hydrogens is 352 g/mol. The maximum absolute atomic E-state index is 5.85. The van der Waals surface area contributed by atoms with Crippen LogP contribution >= 0.6 is 39.0 Å². The van der Waals surface area contributed by atoms with E-state index in [4.69, 9.17) is 10.7 Å². The second kappa shape index (κ2) is 6.60. The van der Waals surface area contributed by atoms with Crippen molar-refractivity contribution in [2.45, 2.75) is 43.4 Å². The lowest BCUT2D eigenvalue weighted by Crippen LogP contribution is -2.15. The molecule has 0 bridgehead atoms. The zero-order valence-corrected chi connectivity index (χ0v) is 15.2. The Kier molecular flexibility index (Phi) is 5.29. The molecule has 0 unspecified atom stereocenters. The quantitative estimate of drug-likeness (QED) is 0.773. The molecule has 2 nitrogen and oxygen atoms in total. The molecule has 0 spiro atoms. The van der Waals surface area contributed by atoms with Crippen LogP contribution in [0, 0.1) is 0 Å². The predicted octanol–water partition coefficient (Wildman–Crippen LogP) is 4.95. The van der Waals surface area contributed by atoms with Crippen molar-refractivity contribution in [2.75, 3.05) is 0 Å². The number of hydrogen-bond donors (Lipinski definition) is 1. The number of benzene rings is 1. The Hall–Kier alpha value is -0.360. The van der Waals surface area contributed by atoms with E-state index in [1.54, 1.807) is 11.3 Å². The van der Waals surface area contributed by atoms with Crippen LogP contribution < -0.4 is 5.73 Å². The Morgan fingerprint density at radius 3 is 2.65 bits per heavy atom. The number of halogens is 1. The molecule has 0 fully saturated rings. The largest absolute Gasteiger partial charge is 0.326 e. The molecule has 1 aromatic heterocycles. The van der Waals surface area contributed by atoms with Crippen LogP contribution in [0.3, 0.4) is 0 Å². The van der Waals surface area contributed by atoms with Crippen molar-refractivity contribution >= 4 is 39.0 Å². The fourth-order valence-corrected chi connectivity index (χ4v) is 4.54. The highest BCUT2D eigenvalue weighted by Gasteiger charge is 2.22. The van der Waals surface area contributed by atoms with Gasteiger partial charge in [0.25, 0.3) is 0 Å². The Morgan fingerprint density at radius 1 is 1.35 bits per heavy atom. The van der Waals surface area contributed by atoms with Crippen LogP contribution in [-0.2, 0) is 17.7 Å². The van der Waals surface area contributed by atoms with Crippen LogP contribution in [0.15, 0.2) is 33.6 Å². The molecule has 1 aromatic carbocycles. The van der Waals surface area contributed by atoms with Crippen molar-refractivity contribution in [1.29, 1.82) is 0 Å². The van der Waals surface area contributed by atoms with Gasteiger partial charge < -0.3 is 5.73 Å². The first-order valence-corrected chi connectivity index (χ1v) is 9.07. The average molecular weight is 371 g/mol. The van der Waals surface area contributed by atoms with E-state index < -0.39 is 0 Å². The number of rotatable bonds is 4. The molecule has 20 heavy (non-hydrogen) atoms. The number of thiazole rings is 1. The molecule has 2 aromatic rings. The topological polar surface area (TPSA) is 38.9 Å². The van der Waals surface area contributed by atoms with E-state index in [1.165, 1.54) is 9.77 Å². The zero-order chi connectivity index (χ0) is 14.8. The van der Waals surface area contributed by atoms with Gasteiger partial charge in [-0.15, -0.1) is 23.1 Å². The Morgan fingerprint density at radius 2 is 2.10 bits per heavy atom. The maximum atomic E-state index is 5.85. The molecule has 108 valence electrons. The third-order valence-corrected chi connectivity index (χ3v) is 5.55. The number of nitrogens with zero attached hydrogens (tertiary/aromatic N) is 1. The van der Waals surface area contributed by atoms with Gasteiger partial charge >= 0.3 is 0 Å². The van der Waals surface area contributed by atoms with E-state index in [1.807, 2.05) is 17.8 Å². The van der Waals surface area contributed by atoms with E-state index >= 15 is 0 Å². The van der Waals surface area contributed by atoms with Gasteiger partial charge in [-0.25, -0.2) is 4.98 Å². The van der Waals surface area contributed by atoms with Crippen LogP contribution in [0.1, 0.15) is 36.3 Å². The second-order valence-electron chi connectivity index (χ2n) is 5.58. The highest BCUT2D eigenvalue weighted by Crippen LogP contribution is 2.32. The first kappa shape index (κ1) is 16.0. The first-order valence-electron chi connectivity index (χ1n) is 6.47. The summed E-state index contributed by atoms with van der Waals surface area (Å²) in [5.41, 5.74) is 7.05. The molecule has 5 heteroatoms. The Balaban J connectivity index is 2.12. The fraction of sp³-hybridized carbons (Fsp3) is 0.400. The number of nitrogens with two attached hydrogens (primary N) is 1. The molecule has 0 atom stereocenters. The van der Waals surface area contributed by atoms with Crippen LogP contribution in [0.4, 0.5) is 0 Å². The SMILES string of the molecule is CC(C)(C)c1nc(CSc2cccc(Br)c2)sc1CN. The summed E-state index contributed by atoms with van der Waals surface area (Å²) in [5.74, 6) is 0.893. The van der Waals surface area contributed by atoms with Gasteiger partial charge in [-0.05, 0) is 18.2 Å². The summed E-state index contributed by atoms with van der Waals surface area (Å²) in [7, 11) is 0. The molecule has 0 aliphatic heterocycles. The molecule has 0 saturated carbocycles. The van der Waals surface area contributed by atoms with Gasteiger partial charge in [-0.2, -0.15) is 0 Å². The Labute approximate surface area is 137 Å². The van der Waals surface area contributed by atoms with Gasteiger partial charge in [0.05, 0.1) is 11.4 Å². The van der Waals surface area contributed by atoms with Gasteiger partial charge in [-0.1, -0.05) is 42.8 Å². The summed E-state index contributed by atoms with van der Waals surface area (Å²) in [6.45, 7) is 7.14. The molecule has 0 radical (unpaired) electrons. The van der Waals surface area contributed by atoms with Gasteiger partial charge in [0.15, 0.2) is 0 Å². The van der Waals surface area contributed by atoms with Gasteiger partial charge in [0.2, 0.25) is 0 Å².